The topological polar surface area (TPSA) is 80.3 Å². The van der Waals surface area contributed by atoms with Gasteiger partial charge in [0.25, 0.3) is 0 Å². The second-order valence-electron chi connectivity index (χ2n) is 13.4. The molecule has 12 heteroatoms. The highest BCUT2D eigenvalue weighted by molar-refractivity contribution is 9.10. The lowest BCUT2D eigenvalue weighted by molar-refractivity contribution is 0.0180. The van der Waals surface area contributed by atoms with E-state index in [0.29, 0.717) is 79.3 Å². The number of nitrogens with zero attached hydrogens (tertiary/aromatic N) is 2. The molecule has 6 aromatic rings. The van der Waals surface area contributed by atoms with Crippen molar-refractivity contribution in [2.45, 2.75) is 0 Å². The first-order valence-corrected chi connectivity index (χ1v) is 22.1. The molecule has 0 saturated carbocycles. The zero-order valence-corrected chi connectivity index (χ0v) is 38.6. The summed E-state index contributed by atoms with van der Waals surface area (Å²) in [7, 11) is 3.31. The number of ether oxygens (including phenoxy) is 8. The molecule has 0 amide bonds. The van der Waals surface area contributed by atoms with Crippen LogP contribution in [-0.4, -0.2) is 93.5 Å². The average molecular weight is 973 g/mol. The zero-order chi connectivity index (χ0) is 43.5. The first-order chi connectivity index (χ1) is 30.6. The summed E-state index contributed by atoms with van der Waals surface area (Å²) in [6, 6.07) is 53.4. The Kier molecular flexibility index (Phi) is 22.4. The van der Waals surface area contributed by atoms with Crippen molar-refractivity contribution < 1.29 is 37.9 Å². The molecule has 10 nitrogen and oxygen atoms in total. The molecule has 0 heterocycles. The van der Waals surface area contributed by atoms with Crippen LogP contribution in [0.5, 0.6) is 11.5 Å². The maximum absolute atomic E-state index is 5.81. The molecule has 0 saturated heterocycles. The molecule has 0 unspecified atom stereocenters. The first-order valence-electron chi connectivity index (χ1n) is 20.5. The highest BCUT2D eigenvalue weighted by atomic mass is 79.9. The standard InChI is InChI=1S/C25H27Br2NO4.C25H29NO4/c1-29-14-15-30-16-17-31-18-19-32-25-12-10-24(11-13-25)28(22-6-2-20(26)3-7-22)23-8-4-21(27)5-9-23;1-27-16-17-28-18-19-29-20-21-30-25-14-12-24(13-15-25)26(22-8-4-2-5-9-22)23-10-6-3-7-11-23/h2-13H,14-19H2,1H3;2-15H,16-21H2,1H3. The van der Waals surface area contributed by atoms with Crippen LogP contribution >= 0.6 is 31.9 Å². The van der Waals surface area contributed by atoms with E-state index in [1.54, 1.807) is 14.2 Å². The molecule has 0 aromatic heterocycles. The van der Waals surface area contributed by atoms with Gasteiger partial charge in [0.1, 0.15) is 24.7 Å². The average Bonchev–Trinajstić information content (AvgIpc) is 3.31. The number of anilines is 6. The normalized spacial score (nSPS) is 10.8. The highest BCUT2D eigenvalue weighted by Gasteiger charge is 2.14. The Morgan fingerprint density at radius 2 is 0.565 bits per heavy atom. The molecule has 0 N–H and O–H groups in total. The van der Waals surface area contributed by atoms with E-state index in [1.807, 2.05) is 84.9 Å². The van der Waals surface area contributed by atoms with Crippen molar-refractivity contribution in [2.75, 3.05) is 103 Å². The summed E-state index contributed by atoms with van der Waals surface area (Å²) < 4.78 is 45.3. The van der Waals surface area contributed by atoms with Gasteiger partial charge in [0.05, 0.1) is 66.1 Å². The van der Waals surface area contributed by atoms with Gasteiger partial charge in [-0.2, -0.15) is 0 Å². The molecule has 0 aliphatic heterocycles. The summed E-state index contributed by atoms with van der Waals surface area (Å²) in [6.45, 7) is 6.61. The molecule has 0 radical (unpaired) electrons. The van der Waals surface area contributed by atoms with Gasteiger partial charge in [-0.1, -0.05) is 68.3 Å². The summed E-state index contributed by atoms with van der Waals surface area (Å²) in [5.41, 5.74) is 6.49. The Labute approximate surface area is 383 Å². The highest BCUT2D eigenvalue weighted by Crippen LogP contribution is 2.37. The van der Waals surface area contributed by atoms with Crippen LogP contribution in [0.2, 0.25) is 0 Å². The third-order valence-corrected chi connectivity index (χ3v) is 10.0. The van der Waals surface area contributed by atoms with Gasteiger partial charge in [0, 0.05) is 57.3 Å². The molecule has 0 fully saturated rings. The van der Waals surface area contributed by atoms with E-state index in [-0.39, 0.29) is 0 Å². The maximum Gasteiger partial charge on any atom is 0.119 e. The SMILES string of the molecule is COCCOCCOCCOc1ccc(N(c2ccc(Br)cc2)c2ccc(Br)cc2)cc1.COCCOCCOCCOc1ccc(N(c2ccccc2)c2ccccc2)cc1. The third kappa shape index (κ3) is 17.2. The van der Waals surface area contributed by atoms with E-state index in [0.717, 1.165) is 54.6 Å². The predicted molar refractivity (Wildman–Crippen MR) is 256 cm³/mol. The Bertz CT molecular complexity index is 1960. The second kappa shape index (κ2) is 28.8. The van der Waals surface area contributed by atoms with Crippen molar-refractivity contribution in [1.29, 1.82) is 0 Å². The molecule has 0 aliphatic rings. The van der Waals surface area contributed by atoms with E-state index in [1.165, 1.54) is 0 Å². The molecule has 328 valence electrons. The molecule has 0 aliphatic carbocycles. The fourth-order valence-corrected chi connectivity index (χ4v) is 6.51. The van der Waals surface area contributed by atoms with E-state index in [2.05, 4.69) is 114 Å². The molecule has 0 atom stereocenters. The molecule has 0 bridgehead atoms. The van der Waals surface area contributed by atoms with E-state index < -0.39 is 0 Å². The van der Waals surface area contributed by atoms with Crippen LogP contribution in [-0.2, 0) is 28.4 Å². The molecule has 0 spiro atoms. The summed E-state index contributed by atoms with van der Waals surface area (Å²) in [6.07, 6.45) is 0. The molecule has 6 aromatic carbocycles. The van der Waals surface area contributed by atoms with E-state index in [9.17, 15) is 0 Å². The van der Waals surface area contributed by atoms with Crippen molar-refractivity contribution in [3.8, 4) is 11.5 Å². The number of benzene rings is 6. The Balaban J connectivity index is 0.000000235. The smallest absolute Gasteiger partial charge is 0.119 e. The van der Waals surface area contributed by atoms with Gasteiger partial charge in [-0.3, -0.25) is 0 Å². The molecular formula is C50H56Br2N2O8. The van der Waals surface area contributed by atoms with Crippen molar-refractivity contribution in [3.05, 3.63) is 167 Å². The fraction of sp³-hybridized carbons (Fsp3) is 0.280. The molecule has 62 heavy (non-hydrogen) atoms. The zero-order valence-electron chi connectivity index (χ0n) is 35.4. The van der Waals surface area contributed by atoms with Gasteiger partial charge < -0.3 is 47.7 Å². The lowest BCUT2D eigenvalue weighted by Gasteiger charge is -2.25. The fourth-order valence-electron chi connectivity index (χ4n) is 5.98. The summed E-state index contributed by atoms with van der Waals surface area (Å²) >= 11 is 7.03. The van der Waals surface area contributed by atoms with Crippen LogP contribution in [0.15, 0.2) is 167 Å². The summed E-state index contributed by atoms with van der Waals surface area (Å²) in [5.74, 6) is 1.63. The van der Waals surface area contributed by atoms with Crippen molar-refractivity contribution >= 4 is 66.0 Å². The number of rotatable bonds is 26. The minimum atomic E-state index is 0.487. The predicted octanol–water partition coefficient (Wildman–Crippen LogP) is 12.0. The summed E-state index contributed by atoms with van der Waals surface area (Å²) in [4.78, 5) is 4.42. The van der Waals surface area contributed by atoms with Gasteiger partial charge >= 0.3 is 0 Å². The number of halogens is 2. The van der Waals surface area contributed by atoms with Crippen LogP contribution < -0.4 is 19.3 Å². The maximum atomic E-state index is 5.81. The van der Waals surface area contributed by atoms with E-state index in [4.69, 9.17) is 37.9 Å². The first kappa shape index (κ1) is 48.3. The van der Waals surface area contributed by atoms with Gasteiger partial charge in [0.15, 0.2) is 0 Å². The van der Waals surface area contributed by atoms with Crippen LogP contribution in [0, 0.1) is 0 Å². The number of hydrogen-bond acceptors (Lipinski definition) is 10. The lowest BCUT2D eigenvalue weighted by Crippen LogP contribution is -2.12. The Morgan fingerprint density at radius 1 is 0.306 bits per heavy atom. The number of para-hydroxylation sites is 2. The molecular weight excluding hydrogens is 916 g/mol. The van der Waals surface area contributed by atoms with Gasteiger partial charge in [-0.05, 0) is 121 Å². The van der Waals surface area contributed by atoms with Gasteiger partial charge in [-0.15, -0.1) is 0 Å². The van der Waals surface area contributed by atoms with Crippen molar-refractivity contribution in [1.82, 2.24) is 0 Å². The third-order valence-electron chi connectivity index (χ3n) is 8.99. The lowest BCUT2D eigenvalue weighted by atomic mass is 10.2. The number of methoxy groups -OCH3 is 2. The van der Waals surface area contributed by atoms with Crippen LogP contribution in [0.4, 0.5) is 34.1 Å². The van der Waals surface area contributed by atoms with Gasteiger partial charge in [0.2, 0.25) is 0 Å². The Morgan fingerprint density at radius 3 is 0.871 bits per heavy atom. The quantitative estimate of drug-likeness (QED) is 0.0490. The summed E-state index contributed by atoms with van der Waals surface area (Å²) in [5, 5.41) is 0. The number of hydrogen-bond donors (Lipinski definition) is 0. The van der Waals surface area contributed by atoms with Crippen LogP contribution in [0.1, 0.15) is 0 Å². The largest absolute Gasteiger partial charge is 0.491 e. The minimum absolute atomic E-state index is 0.487. The van der Waals surface area contributed by atoms with Crippen molar-refractivity contribution in [3.63, 3.8) is 0 Å². The van der Waals surface area contributed by atoms with E-state index >= 15 is 0 Å². The molecule has 6 rings (SSSR count). The minimum Gasteiger partial charge on any atom is -0.491 e. The second-order valence-corrected chi connectivity index (χ2v) is 15.2. The Hall–Kier alpha value is -4.76. The van der Waals surface area contributed by atoms with Crippen LogP contribution in [0.3, 0.4) is 0 Å². The monoisotopic (exact) mass is 970 g/mol. The van der Waals surface area contributed by atoms with Crippen molar-refractivity contribution in [2.24, 2.45) is 0 Å². The van der Waals surface area contributed by atoms with Crippen LogP contribution in [0.25, 0.3) is 0 Å². The van der Waals surface area contributed by atoms with Gasteiger partial charge in [-0.25, -0.2) is 0 Å².